The molecule has 0 bridgehead atoms. The second kappa shape index (κ2) is 7.56. The van der Waals surface area contributed by atoms with E-state index < -0.39 is 0 Å². The molecule has 0 atom stereocenters. The molecule has 0 unspecified atom stereocenters. The van der Waals surface area contributed by atoms with E-state index in [-0.39, 0.29) is 0 Å². The Morgan fingerprint density at radius 3 is 2.72 bits per heavy atom. The van der Waals surface area contributed by atoms with E-state index >= 15 is 0 Å². The molecule has 0 saturated carbocycles. The third kappa shape index (κ3) is 5.21. The Bertz CT molecular complexity index is 410. The molecule has 0 radical (unpaired) electrons. The Morgan fingerprint density at radius 2 is 2.11 bits per heavy atom. The molecule has 18 heavy (non-hydrogen) atoms. The molecule has 0 saturated heterocycles. The maximum atomic E-state index is 5.91. The first-order valence-corrected chi connectivity index (χ1v) is 6.59. The van der Waals surface area contributed by atoms with Crippen LogP contribution < -0.4 is 10.5 Å². The smallest absolute Gasteiger partial charge is 0.131 e. The number of hydrogen-bond acceptors (Lipinski definition) is 3. The van der Waals surface area contributed by atoms with Crippen molar-refractivity contribution in [2.24, 2.45) is 11.7 Å². The second-order valence-corrected chi connectivity index (χ2v) is 5.20. The van der Waals surface area contributed by atoms with Crippen LogP contribution in [0.3, 0.4) is 0 Å². The molecular weight excluding hydrogens is 270 g/mol. The fourth-order valence-corrected chi connectivity index (χ4v) is 1.68. The van der Waals surface area contributed by atoms with Gasteiger partial charge in [0.25, 0.3) is 0 Å². The summed E-state index contributed by atoms with van der Waals surface area (Å²) in [5.74, 6) is 1.12. The van der Waals surface area contributed by atoms with E-state index in [4.69, 9.17) is 39.0 Å². The van der Waals surface area contributed by atoms with Crippen LogP contribution in [0.4, 0.5) is 0 Å². The van der Waals surface area contributed by atoms with E-state index in [0.717, 1.165) is 6.61 Å². The predicted octanol–water partition coefficient (Wildman–Crippen LogP) is 3.03. The lowest BCUT2D eigenvalue weighted by molar-refractivity contribution is 0.0818. The zero-order valence-corrected chi connectivity index (χ0v) is 12.2. The van der Waals surface area contributed by atoms with Crippen molar-refractivity contribution >= 4 is 28.8 Å². The fourth-order valence-electron chi connectivity index (χ4n) is 1.35. The molecule has 0 amide bonds. The lowest BCUT2D eigenvalue weighted by Gasteiger charge is -2.12. The zero-order valence-electron chi connectivity index (χ0n) is 10.6. The van der Waals surface area contributed by atoms with E-state index in [1.165, 1.54) is 0 Å². The standard InChI is InChI=1S/C13H18ClNO2S/c1-9(2)8-16-5-6-17-12-7-10(14)3-4-11(12)13(15)18/h3-4,7,9H,5-6,8H2,1-2H3,(H2,15,18). The van der Waals surface area contributed by atoms with Crippen molar-refractivity contribution in [2.75, 3.05) is 19.8 Å². The number of benzene rings is 1. The quantitative estimate of drug-likeness (QED) is 0.618. The van der Waals surface area contributed by atoms with Crippen LogP contribution in [0.2, 0.25) is 5.02 Å². The fraction of sp³-hybridized carbons (Fsp3) is 0.462. The normalized spacial score (nSPS) is 10.7. The summed E-state index contributed by atoms with van der Waals surface area (Å²) >= 11 is 10.9. The molecule has 0 aliphatic rings. The molecule has 3 nitrogen and oxygen atoms in total. The van der Waals surface area contributed by atoms with Crippen LogP contribution in [0.5, 0.6) is 5.75 Å². The van der Waals surface area contributed by atoms with Crippen LogP contribution >= 0.6 is 23.8 Å². The summed E-state index contributed by atoms with van der Waals surface area (Å²) in [7, 11) is 0. The topological polar surface area (TPSA) is 44.5 Å². The van der Waals surface area contributed by atoms with Crippen LogP contribution in [0.25, 0.3) is 0 Å². The summed E-state index contributed by atoms with van der Waals surface area (Å²) in [6, 6.07) is 5.20. The lowest BCUT2D eigenvalue weighted by Crippen LogP contribution is -2.14. The van der Waals surface area contributed by atoms with Crippen LogP contribution in [-0.4, -0.2) is 24.8 Å². The zero-order chi connectivity index (χ0) is 13.5. The van der Waals surface area contributed by atoms with Gasteiger partial charge in [-0.05, 0) is 24.1 Å². The summed E-state index contributed by atoms with van der Waals surface area (Å²) in [6.07, 6.45) is 0. The van der Waals surface area contributed by atoms with Gasteiger partial charge < -0.3 is 15.2 Å². The molecule has 0 aliphatic carbocycles. The molecule has 0 fully saturated rings. The summed E-state index contributed by atoms with van der Waals surface area (Å²) in [6.45, 7) is 5.90. The molecule has 0 aromatic heterocycles. The van der Waals surface area contributed by atoms with Crippen molar-refractivity contribution in [3.05, 3.63) is 28.8 Å². The van der Waals surface area contributed by atoms with E-state index in [2.05, 4.69) is 13.8 Å². The van der Waals surface area contributed by atoms with Gasteiger partial charge in [0.1, 0.15) is 17.3 Å². The SMILES string of the molecule is CC(C)COCCOc1cc(Cl)ccc1C(N)=S. The minimum absolute atomic E-state index is 0.296. The first-order chi connectivity index (χ1) is 8.50. The average Bonchev–Trinajstić information content (AvgIpc) is 2.27. The van der Waals surface area contributed by atoms with E-state index in [9.17, 15) is 0 Å². The Kier molecular flexibility index (Phi) is 6.39. The highest BCUT2D eigenvalue weighted by atomic mass is 35.5. The Labute approximate surface area is 118 Å². The molecule has 1 aromatic rings. The van der Waals surface area contributed by atoms with E-state index in [1.54, 1.807) is 18.2 Å². The van der Waals surface area contributed by atoms with Crippen molar-refractivity contribution in [3.8, 4) is 5.75 Å². The van der Waals surface area contributed by atoms with Gasteiger partial charge >= 0.3 is 0 Å². The summed E-state index contributed by atoms with van der Waals surface area (Å²) in [4.78, 5) is 0.296. The maximum Gasteiger partial charge on any atom is 0.131 e. The first-order valence-electron chi connectivity index (χ1n) is 5.80. The number of rotatable bonds is 7. The number of ether oxygens (including phenoxy) is 2. The molecular formula is C13H18ClNO2S. The van der Waals surface area contributed by atoms with Gasteiger partial charge in [-0.1, -0.05) is 37.7 Å². The second-order valence-electron chi connectivity index (χ2n) is 4.32. The van der Waals surface area contributed by atoms with Crippen LogP contribution in [0.15, 0.2) is 18.2 Å². The van der Waals surface area contributed by atoms with Crippen LogP contribution in [0, 0.1) is 5.92 Å². The van der Waals surface area contributed by atoms with Gasteiger partial charge in [0.15, 0.2) is 0 Å². The number of nitrogens with two attached hydrogens (primary N) is 1. The van der Waals surface area contributed by atoms with Gasteiger partial charge in [-0.15, -0.1) is 0 Å². The summed E-state index contributed by atoms with van der Waals surface area (Å²) in [5.41, 5.74) is 6.30. The van der Waals surface area contributed by atoms with Gasteiger partial charge in [-0.2, -0.15) is 0 Å². The molecule has 1 rings (SSSR count). The van der Waals surface area contributed by atoms with Crippen molar-refractivity contribution in [3.63, 3.8) is 0 Å². The predicted molar refractivity (Wildman–Crippen MR) is 78.5 cm³/mol. The average molecular weight is 288 g/mol. The van der Waals surface area contributed by atoms with Crippen molar-refractivity contribution in [1.29, 1.82) is 0 Å². The molecule has 2 N–H and O–H groups in total. The molecule has 5 heteroatoms. The van der Waals surface area contributed by atoms with Crippen LogP contribution in [0.1, 0.15) is 19.4 Å². The molecule has 0 aliphatic heterocycles. The number of thiocarbonyl (C=S) groups is 1. The monoisotopic (exact) mass is 287 g/mol. The van der Waals surface area contributed by atoms with E-state index in [1.807, 2.05) is 0 Å². The third-order valence-electron chi connectivity index (χ3n) is 2.15. The Balaban J connectivity index is 2.50. The van der Waals surface area contributed by atoms with Gasteiger partial charge in [-0.25, -0.2) is 0 Å². The summed E-state index contributed by atoms with van der Waals surface area (Å²) < 4.78 is 11.0. The first kappa shape index (κ1) is 15.2. The molecule has 1 aromatic carbocycles. The Morgan fingerprint density at radius 1 is 1.39 bits per heavy atom. The molecule has 100 valence electrons. The largest absolute Gasteiger partial charge is 0.490 e. The maximum absolute atomic E-state index is 5.91. The highest BCUT2D eigenvalue weighted by Crippen LogP contribution is 2.23. The highest BCUT2D eigenvalue weighted by Gasteiger charge is 2.07. The van der Waals surface area contributed by atoms with Gasteiger partial charge in [-0.3, -0.25) is 0 Å². The number of halogens is 1. The van der Waals surface area contributed by atoms with E-state index in [0.29, 0.717) is 40.5 Å². The Hall–Kier alpha value is -0.840. The highest BCUT2D eigenvalue weighted by molar-refractivity contribution is 7.80. The minimum atomic E-state index is 0.296. The van der Waals surface area contributed by atoms with Crippen molar-refractivity contribution in [2.45, 2.75) is 13.8 Å². The molecule has 0 heterocycles. The molecule has 0 spiro atoms. The van der Waals surface area contributed by atoms with Gasteiger partial charge in [0.05, 0.1) is 12.2 Å². The lowest BCUT2D eigenvalue weighted by atomic mass is 10.2. The van der Waals surface area contributed by atoms with Gasteiger partial charge in [0.2, 0.25) is 0 Å². The minimum Gasteiger partial charge on any atom is -0.490 e. The number of hydrogen-bond donors (Lipinski definition) is 1. The van der Waals surface area contributed by atoms with Crippen molar-refractivity contribution < 1.29 is 9.47 Å². The van der Waals surface area contributed by atoms with Gasteiger partial charge in [0, 0.05) is 11.6 Å². The summed E-state index contributed by atoms with van der Waals surface area (Å²) in [5, 5.41) is 0.591. The van der Waals surface area contributed by atoms with Crippen LogP contribution in [-0.2, 0) is 4.74 Å². The van der Waals surface area contributed by atoms with Crippen molar-refractivity contribution in [1.82, 2.24) is 0 Å². The third-order valence-corrected chi connectivity index (χ3v) is 2.60.